The normalized spacial score (nSPS) is 21.8. The van der Waals surface area contributed by atoms with Gasteiger partial charge in [-0.1, -0.05) is 34.6 Å². The molecule has 0 spiro atoms. The Morgan fingerprint density at radius 1 is 1.20 bits per heavy atom. The highest BCUT2D eigenvalue weighted by Gasteiger charge is 2.67. The molecule has 20 heavy (non-hydrogen) atoms. The van der Waals surface area contributed by atoms with Gasteiger partial charge in [-0.25, -0.2) is 8.78 Å². The van der Waals surface area contributed by atoms with Gasteiger partial charge in [0.2, 0.25) is 0 Å². The summed E-state index contributed by atoms with van der Waals surface area (Å²) >= 11 is 3.16. The molecular formula is C16H22BrF2N. The zero-order valence-corrected chi connectivity index (χ0v) is 14.2. The first-order valence-corrected chi connectivity index (χ1v) is 7.82. The van der Waals surface area contributed by atoms with Crippen molar-refractivity contribution in [2.45, 2.75) is 40.7 Å². The van der Waals surface area contributed by atoms with Crippen molar-refractivity contribution in [3.8, 4) is 0 Å². The number of nitrogens with one attached hydrogen (secondary N) is 1. The summed E-state index contributed by atoms with van der Waals surface area (Å²) in [6, 6.07) is 2.44. The summed E-state index contributed by atoms with van der Waals surface area (Å²) in [6.07, 6.45) is 0. The number of rotatable bonds is 4. The Morgan fingerprint density at radius 3 is 2.20 bits per heavy atom. The van der Waals surface area contributed by atoms with Crippen LogP contribution in [0.15, 0.2) is 16.6 Å². The molecule has 1 nitrogen and oxygen atoms in total. The van der Waals surface area contributed by atoms with Crippen LogP contribution in [-0.4, -0.2) is 6.54 Å². The standard InChI is InChI=1S/C16H22BrF2N/c1-6-20-13(14-15(2,3)16(14,4)5)11-10(18)8-7-9(17)12(11)19/h7-8,13-14,20H,6H2,1-5H3. The largest absolute Gasteiger partial charge is 0.310 e. The highest BCUT2D eigenvalue weighted by molar-refractivity contribution is 9.10. The fourth-order valence-electron chi connectivity index (χ4n) is 3.52. The van der Waals surface area contributed by atoms with Crippen LogP contribution in [0.4, 0.5) is 8.78 Å². The molecule has 0 amide bonds. The zero-order valence-electron chi connectivity index (χ0n) is 12.7. The van der Waals surface area contributed by atoms with Gasteiger partial charge in [0.05, 0.1) is 4.47 Å². The van der Waals surface area contributed by atoms with Crippen LogP contribution in [0.2, 0.25) is 0 Å². The third-order valence-electron chi connectivity index (χ3n) is 5.28. The van der Waals surface area contributed by atoms with E-state index in [1.54, 1.807) is 0 Å². The minimum Gasteiger partial charge on any atom is -0.310 e. The number of hydrogen-bond donors (Lipinski definition) is 1. The van der Waals surface area contributed by atoms with Crippen LogP contribution in [0.1, 0.15) is 46.2 Å². The average molecular weight is 346 g/mol. The van der Waals surface area contributed by atoms with Crippen LogP contribution in [0.25, 0.3) is 0 Å². The third kappa shape index (κ3) is 2.21. The van der Waals surface area contributed by atoms with Crippen LogP contribution in [0, 0.1) is 28.4 Å². The van der Waals surface area contributed by atoms with E-state index in [0.29, 0.717) is 11.0 Å². The van der Waals surface area contributed by atoms with Crippen LogP contribution < -0.4 is 5.32 Å². The number of benzene rings is 1. The minimum atomic E-state index is -0.491. The molecule has 0 aliphatic heterocycles. The summed E-state index contributed by atoms with van der Waals surface area (Å²) in [7, 11) is 0. The van der Waals surface area contributed by atoms with E-state index in [4.69, 9.17) is 0 Å². The van der Waals surface area contributed by atoms with Gasteiger partial charge < -0.3 is 5.32 Å². The van der Waals surface area contributed by atoms with Crippen LogP contribution in [0.3, 0.4) is 0 Å². The summed E-state index contributed by atoms with van der Waals surface area (Å²) in [5.74, 6) is -0.766. The van der Waals surface area contributed by atoms with Crippen LogP contribution >= 0.6 is 15.9 Å². The maximum atomic E-state index is 14.4. The lowest BCUT2D eigenvalue weighted by molar-refractivity contribution is 0.386. The first-order valence-electron chi connectivity index (χ1n) is 7.03. The molecular weight excluding hydrogens is 324 g/mol. The van der Waals surface area contributed by atoms with Crippen molar-refractivity contribution in [1.29, 1.82) is 0 Å². The molecule has 2 rings (SSSR count). The van der Waals surface area contributed by atoms with Crippen molar-refractivity contribution >= 4 is 15.9 Å². The Balaban J connectivity index is 2.49. The lowest BCUT2D eigenvalue weighted by atomic mass is 9.95. The first kappa shape index (κ1) is 15.9. The predicted molar refractivity (Wildman–Crippen MR) is 81.5 cm³/mol. The highest BCUT2D eigenvalue weighted by Crippen LogP contribution is 2.72. The monoisotopic (exact) mass is 345 g/mol. The molecule has 4 heteroatoms. The Hall–Kier alpha value is -0.480. The van der Waals surface area contributed by atoms with Gasteiger partial charge in [0.25, 0.3) is 0 Å². The Morgan fingerprint density at radius 2 is 1.75 bits per heavy atom. The average Bonchev–Trinajstić information content (AvgIpc) is 2.74. The number of hydrogen-bond acceptors (Lipinski definition) is 1. The molecule has 112 valence electrons. The predicted octanol–water partition coefficient (Wildman–Crippen LogP) is 5.06. The molecule has 0 bridgehead atoms. The third-order valence-corrected chi connectivity index (χ3v) is 5.89. The molecule has 0 radical (unpaired) electrons. The quantitative estimate of drug-likeness (QED) is 0.752. The van der Waals surface area contributed by atoms with Crippen molar-refractivity contribution in [1.82, 2.24) is 5.32 Å². The SMILES string of the molecule is CCNC(c1c(F)ccc(Br)c1F)C1C(C)(C)C1(C)C. The van der Waals surface area contributed by atoms with E-state index < -0.39 is 11.6 Å². The smallest absolute Gasteiger partial charge is 0.145 e. The summed E-state index contributed by atoms with van der Waals surface area (Å²) in [5, 5.41) is 3.28. The lowest BCUT2D eigenvalue weighted by Gasteiger charge is -2.22. The summed E-state index contributed by atoms with van der Waals surface area (Å²) in [6.45, 7) is 11.3. The van der Waals surface area contributed by atoms with Gasteiger partial charge in [0.15, 0.2) is 0 Å². The van der Waals surface area contributed by atoms with E-state index in [1.807, 2.05) is 6.92 Å². The van der Waals surface area contributed by atoms with Gasteiger partial charge in [0.1, 0.15) is 11.6 Å². The van der Waals surface area contributed by atoms with E-state index in [0.717, 1.165) is 0 Å². The van der Waals surface area contributed by atoms with Gasteiger partial charge in [-0.05, 0) is 51.4 Å². The highest BCUT2D eigenvalue weighted by atomic mass is 79.9. The summed E-state index contributed by atoms with van der Waals surface area (Å²) < 4.78 is 28.9. The molecule has 1 atom stereocenters. The fourth-order valence-corrected chi connectivity index (χ4v) is 3.86. The molecule has 1 aliphatic rings. The second kappa shape index (κ2) is 5.06. The molecule has 1 aromatic rings. The second-order valence-corrected chi connectivity index (χ2v) is 7.57. The van der Waals surface area contributed by atoms with E-state index in [9.17, 15) is 8.78 Å². The topological polar surface area (TPSA) is 12.0 Å². The molecule has 1 fully saturated rings. The molecule has 0 saturated heterocycles. The Kier molecular flexibility index (Phi) is 4.02. The van der Waals surface area contributed by atoms with E-state index in [-0.39, 0.29) is 28.4 Å². The van der Waals surface area contributed by atoms with Gasteiger partial charge in [0, 0.05) is 11.6 Å². The van der Waals surface area contributed by atoms with Gasteiger partial charge in [-0.15, -0.1) is 0 Å². The Labute approximate surface area is 128 Å². The first-order chi connectivity index (χ1) is 9.16. The maximum Gasteiger partial charge on any atom is 0.145 e. The molecule has 1 aromatic carbocycles. The number of halogens is 3. The lowest BCUT2D eigenvalue weighted by Crippen LogP contribution is -2.27. The van der Waals surface area contributed by atoms with Crippen molar-refractivity contribution in [2.75, 3.05) is 6.54 Å². The molecule has 1 unspecified atom stereocenters. The van der Waals surface area contributed by atoms with E-state index in [1.165, 1.54) is 12.1 Å². The van der Waals surface area contributed by atoms with Crippen LogP contribution in [0.5, 0.6) is 0 Å². The molecule has 1 N–H and O–H groups in total. The van der Waals surface area contributed by atoms with Crippen molar-refractivity contribution < 1.29 is 8.78 Å². The Bertz CT molecular complexity index is 511. The van der Waals surface area contributed by atoms with Crippen molar-refractivity contribution in [3.63, 3.8) is 0 Å². The van der Waals surface area contributed by atoms with E-state index in [2.05, 4.69) is 48.9 Å². The van der Waals surface area contributed by atoms with E-state index >= 15 is 0 Å². The zero-order chi connectivity index (χ0) is 15.3. The molecule has 1 aliphatic carbocycles. The molecule has 1 saturated carbocycles. The van der Waals surface area contributed by atoms with Crippen LogP contribution in [-0.2, 0) is 0 Å². The maximum absolute atomic E-state index is 14.4. The molecule has 0 heterocycles. The second-order valence-electron chi connectivity index (χ2n) is 6.71. The summed E-state index contributed by atoms with van der Waals surface area (Å²) in [5.41, 5.74) is 0.270. The molecule has 0 aromatic heterocycles. The van der Waals surface area contributed by atoms with Crippen molar-refractivity contribution in [2.24, 2.45) is 16.7 Å². The summed E-state index contributed by atoms with van der Waals surface area (Å²) in [4.78, 5) is 0. The van der Waals surface area contributed by atoms with Gasteiger partial charge in [-0.2, -0.15) is 0 Å². The van der Waals surface area contributed by atoms with Crippen molar-refractivity contribution in [3.05, 3.63) is 33.8 Å². The fraction of sp³-hybridized carbons (Fsp3) is 0.625. The van der Waals surface area contributed by atoms with Gasteiger partial charge in [-0.3, -0.25) is 0 Å². The van der Waals surface area contributed by atoms with Gasteiger partial charge >= 0.3 is 0 Å². The minimum absolute atomic E-state index is 0.0566.